The third-order valence-corrected chi connectivity index (χ3v) is 7.26. The molecule has 30 heavy (non-hydrogen) atoms. The molecule has 0 atom stereocenters. The van der Waals surface area contributed by atoms with Crippen molar-refractivity contribution in [2.24, 2.45) is 0 Å². The summed E-state index contributed by atoms with van der Waals surface area (Å²) in [7, 11) is -2.44. The zero-order valence-electron chi connectivity index (χ0n) is 16.5. The summed E-state index contributed by atoms with van der Waals surface area (Å²) in [5, 5.41) is 11.0. The first kappa shape index (κ1) is 20.4. The minimum absolute atomic E-state index is 0.0171. The van der Waals surface area contributed by atoms with Crippen LogP contribution in [0.4, 0.5) is 4.39 Å². The molecule has 1 saturated carbocycles. The van der Waals surface area contributed by atoms with Gasteiger partial charge >= 0.3 is 0 Å². The number of nitrogens with zero attached hydrogens (tertiary/aromatic N) is 5. The van der Waals surface area contributed by atoms with Gasteiger partial charge in [0.05, 0.1) is 12.0 Å². The molecule has 8 nitrogen and oxygen atoms in total. The maximum Gasteiger partial charge on any atom is 0.243 e. The second kappa shape index (κ2) is 8.49. The van der Waals surface area contributed by atoms with Crippen LogP contribution in [0.25, 0.3) is 5.69 Å². The summed E-state index contributed by atoms with van der Waals surface area (Å²) in [6.07, 6.45) is 4.82. The van der Waals surface area contributed by atoms with Crippen LogP contribution in [0.5, 0.6) is 5.75 Å². The van der Waals surface area contributed by atoms with Gasteiger partial charge in [0.2, 0.25) is 10.0 Å². The maximum atomic E-state index is 14.3. The fourth-order valence-corrected chi connectivity index (χ4v) is 5.49. The number of halogens is 1. The SMILES string of the molecule is COc1cc(S(=O)(=O)N(Cc2ccccc2F)C2CCCC2)ccc1-n1cnnn1. The monoisotopic (exact) mass is 431 g/mol. The van der Waals surface area contributed by atoms with Crippen LogP contribution in [0.2, 0.25) is 0 Å². The second-order valence-electron chi connectivity index (χ2n) is 7.17. The second-order valence-corrected chi connectivity index (χ2v) is 9.06. The topological polar surface area (TPSA) is 90.2 Å². The van der Waals surface area contributed by atoms with E-state index in [0.29, 0.717) is 17.0 Å². The number of tetrazole rings is 1. The van der Waals surface area contributed by atoms with Gasteiger partial charge in [-0.05, 0) is 41.5 Å². The van der Waals surface area contributed by atoms with Gasteiger partial charge in [-0.25, -0.2) is 12.8 Å². The first-order valence-electron chi connectivity index (χ1n) is 9.67. The summed E-state index contributed by atoms with van der Waals surface area (Å²) < 4.78 is 49.7. The molecular formula is C20H22FN5O3S. The van der Waals surface area contributed by atoms with Gasteiger partial charge in [0.15, 0.2) is 0 Å². The molecule has 0 amide bonds. The van der Waals surface area contributed by atoms with Crippen molar-refractivity contribution in [3.05, 3.63) is 60.2 Å². The van der Waals surface area contributed by atoms with Crippen LogP contribution in [0.1, 0.15) is 31.2 Å². The average Bonchev–Trinajstić information content (AvgIpc) is 3.47. The Kier molecular flexibility index (Phi) is 5.78. The number of methoxy groups -OCH3 is 1. The van der Waals surface area contributed by atoms with Gasteiger partial charge in [0.1, 0.15) is 23.6 Å². The molecule has 4 rings (SSSR count). The lowest BCUT2D eigenvalue weighted by atomic mass is 10.2. The summed E-state index contributed by atoms with van der Waals surface area (Å²) in [4.78, 5) is 0.0828. The third-order valence-electron chi connectivity index (χ3n) is 5.37. The Morgan fingerprint density at radius 2 is 1.97 bits per heavy atom. The summed E-state index contributed by atoms with van der Waals surface area (Å²) in [6.45, 7) is -0.0171. The lowest BCUT2D eigenvalue weighted by Crippen LogP contribution is -2.38. The van der Waals surface area contributed by atoms with Crippen LogP contribution in [-0.4, -0.2) is 46.1 Å². The van der Waals surface area contributed by atoms with Crippen molar-refractivity contribution >= 4 is 10.0 Å². The number of ether oxygens (including phenoxy) is 1. The van der Waals surface area contributed by atoms with Crippen molar-refractivity contribution < 1.29 is 17.5 Å². The minimum Gasteiger partial charge on any atom is -0.494 e. The number of rotatable bonds is 7. The molecule has 0 N–H and O–H groups in total. The van der Waals surface area contributed by atoms with Gasteiger partial charge in [-0.3, -0.25) is 0 Å². The number of aromatic nitrogens is 4. The molecule has 0 aliphatic heterocycles. The Morgan fingerprint density at radius 3 is 2.63 bits per heavy atom. The van der Waals surface area contributed by atoms with Crippen LogP contribution in [0, 0.1) is 5.82 Å². The summed E-state index contributed by atoms with van der Waals surface area (Å²) in [5.74, 6) is -0.0945. The molecule has 0 bridgehead atoms. The number of hydrogen-bond acceptors (Lipinski definition) is 6. The largest absolute Gasteiger partial charge is 0.494 e. The highest BCUT2D eigenvalue weighted by atomic mass is 32.2. The summed E-state index contributed by atoms with van der Waals surface area (Å²) >= 11 is 0. The summed E-state index contributed by atoms with van der Waals surface area (Å²) in [6, 6.07) is 10.6. The van der Waals surface area contributed by atoms with Gasteiger partial charge in [-0.1, -0.05) is 31.0 Å². The van der Waals surface area contributed by atoms with E-state index in [4.69, 9.17) is 4.74 Å². The smallest absolute Gasteiger partial charge is 0.243 e. The number of benzene rings is 2. The van der Waals surface area contributed by atoms with Gasteiger partial charge in [0, 0.05) is 24.2 Å². The number of sulfonamides is 1. The number of hydrogen-bond donors (Lipinski definition) is 0. The molecule has 1 aliphatic rings. The Morgan fingerprint density at radius 1 is 1.20 bits per heavy atom. The maximum absolute atomic E-state index is 14.3. The van der Waals surface area contributed by atoms with Crippen molar-refractivity contribution in [1.29, 1.82) is 0 Å². The van der Waals surface area contributed by atoms with Crippen LogP contribution in [0.15, 0.2) is 53.7 Å². The Hall–Kier alpha value is -2.85. The van der Waals surface area contributed by atoms with Crippen LogP contribution in [-0.2, 0) is 16.6 Å². The van der Waals surface area contributed by atoms with Crippen LogP contribution in [0.3, 0.4) is 0 Å². The molecule has 0 unspecified atom stereocenters. The molecule has 2 aromatic carbocycles. The quantitative estimate of drug-likeness (QED) is 0.571. The fraction of sp³-hybridized carbons (Fsp3) is 0.350. The van der Waals surface area contributed by atoms with Crippen LogP contribution >= 0.6 is 0 Å². The van der Waals surface area contributed by atoms with Gasteiger partial charge in [-0.2, -0.15) is 8.99 Å². The van der Waals surface area contributed by atoms with E-state index in [2.05, 4.69) is 15.5 Å². The van der Waals surface area contributed by atoms with Crippen molar-refractivity contribution in [1.82, 2.24) is 24.5 Å². The van der Waals surface area contributed by atoms with Crippen molar-refractivity contribution in [2.45, 2.75) is 43.2 Å². The van der Waals surface area contributed by atoms with E-state index in [1.54, 1.807) is 24.3 Å². The van der Waals surface area contributed by atoms with Crippen molar-refractivity contribution in [2.75, 3.05) is 7.11 Å². The Labute approximate surface area is 174 Å². The fourth-order valence-electron chi connectivity index (χ4n) is 3.81. The lowest BCUT2D eigenvalue weighted by molar-refractivity contribution is 0.312. The zero-order chi connectivity index (χ0) is 21.1. The molecule has 3 aromatic rings. The molecule has 0 radical (unpaired) electrons. The molecule has 0 saturated heterocycles. The van der Waals surface area contributed by atoms with E-state index in [-0.39, 0.29) is 17.5 Å². The molecule has 1 heterocycles. The minimum atomic E-state index is -3.89. The van der Waals surface area contributed by atoms with E-state index in [1.165, 1.54) is 40.6 Å². The Balaban J connectivity index is 1.73. The third kappa shape index (κ3) is 3.92. The normalized spacial score (nSPS) is 15.0. The molecule has 10 heteroatoms. The highest BCUT2D eigenvalue weighted by Gasteiger charge is 2.34. The predicted molar refractivity (Wildman–Crippen MR) is 107 cm³/mol. The van der Waals surface area contributed by atoms with Gasteiger partial charge in [0.25, 0.3) is 0 Å². The van der Waals surface area contributed by atoms with Gasteiger partial charge < -0.3 is 4.74 Å². The van der Waals surface area contributed by atoms with Gasteiger partial charge in [-0.15, -0.1) is 5.10 Å². The molecule has 158 valence electrons. The van der Waals surface area contributed by atoms with E-state index in [1.807, 2.05) is 0 Å². The van der Waals surface area contributed by atoms with E-state index >= 15 is 0 Å². The molecule has 1 fully saturated rings. The van der Waals surface area contributed by atoms with Crippen LogP contribution < -0.4 is 4.74 Å². The molecule has 0 spiro atoms. The Bertz CT molecular complexity index is 1120. The van der Waals surface area contributed by atoms with E-state index < -0.39 is 15.8 Å². The van der Waals surface area contributed by atoms with E-state index in [0.717, 1.165) is 25.7 Å². The first-order chi connectivity index (χ1) is 14.5. The predicted octanol–water partition coefficient (Wildman–Crippen LogP) is 2.94. The average molecular weight is 431 g/mol. The summed E-state index contributed by atoms with van der Waals surface area (Å²) in [5.41, 5.74) is 0.869. The standard InChI is InChI=1S/C20H22FN5O3S/c1-29-20-12-17(10-11-19(20)25-14-22-23-24-25)30(27,28)26(16-7-3-4-8-16)13-15-6-2-5-9-18(15)21/h2,5-6,9-12,14,16H,3-4,7-8,13H2,1H3. The molecule has 1 aliphatic carbocycles. The zero-order valence-corrected chi connectivity index (χ0v) is 17.3. The first-order valence-corrected chi connectivity index (χ1v) is 11.1. The molecular weight excluding hydrogens is 409 g/mol. The highest BCUT2D eigenvalue weighted by molar-refractivity contribution is 7.89. The van der Waals surface area contributed by atoms with E-state index in [9.17, 15) is 12.8 Å². The van der Waals surface area contributed by atoms with Crippen molar-refractivity contribution in [3.63, 3.8) is 0 Å². The molecule has 1 aromatic heterocycles. The van der Waals surface area contributed by atoms with Crippen molar-refractivity contribution in [3.8, 4) is 11.4 Å². The highest BCUT2D eigenvalue weighted by Crippen LogP contribution is 2.33. The lowest BCUT2D eigenvalue weighted by Gasteiger charge is -2.28.